The van der Waals surface area contributed by atoms with Crippen LogP contribution in [0.1, 0.15) is 0 Å². The summed E-state index contributed by atoms with van der Waals surface area (Å²) < 4.78 is 122. The molecule has 0 aromatic rings. The predicted molar refractivity (Wildman–Crippen MR) is 32.4 cm³/mol. The van der Waals surface area contributed by atoms with Crippen LogP contribution in [0.2, 0.25) is 0 Å². The molecule has 0 aliphatic rings. The summed E-state index contributed by atoms with van der Waals surface area (Å²) in [4.78, 5) is 0. The minimum absolute atomic E-state index is 5.09. The quantitative estimate of drug-likeness (QED) is 0.636. The van der Waals surface area contributed by atoms with Gasteiger partial charge in [0, 0.05) is 0 Å². The second-order valence-corrected chi connectivity index (χ2v) is 3.97. The molecule has 0 aromatic heterocycles. The highest BCUT2D eigenvalue weighted by atomic mass is 32.2. The van der Waals surface area contributed by atoms with E-state index in [4.69, 9.17) is 4.55 Å². The van der Waals surface area contributed by atoms with E-state index in [1.165, 1.54) is 0 Å². The van der Waals surface area contributed by atoms with Crippen LogP contribution in [0.4, 0.5) is 35.1 Å². The Bertz CT molecular complexity index is 356. The van der Waals surface area contributed by atoms with Crippen molar-refractivity contribution in [2.45, 2.75) is 23.5 Å². The van der Waals surface area contributed by atoms with Crippen LogP contribution in [0.25, 0.3) is 0 Å². The Balaban J connectivity index is 5.54. The molecule has 0 aromatic carbocycles. The Hall–Kier alpha value is -0.650. The van der Waals surface area contributed by atoms with Crippen molar-refractivity contribution in [3.05, 3.63) is 0 Å². The van der Waals surface area contributed by atoms with Gasteiger partial charge in [0.1, 0.15) is 0 Å². The van der Waals surface area contributed by atoms with Crippen LogP contribution in [0.15, 0.2) is 0 Å². The van der Waals surface area contributed by atoms with Gasteiger partial charge in [0.25, 0.3) is 5.50 Å². The van der Waals surface area contributed by atoms with E-state index in [0.717, 1.165) is 0 Å². The zero-order valence-electron chi connectivity index (χ0n) is 6.77. The van der Waals surface area contributed by atoms with Gasteiger partial charge in [-0.25, -0.2) is 4.39 Å². The van der Waals surface area contributed by atoms with E-state index in [-0.39, 0.29) is 0 Å². The number of hydrogen-bond acceptors (Lipinski definition) is 2. The minimum Gasteiger partial charge on any atom is -0.283 e. The molecule has 0 aliphatic carbocycles. The lowest BCUT2D eigenvalue weighted by atomic mass is 10.2. The molecule has 1 unspecified atom stereocenters. The fraction of sp³-hybridized carbons (Fsp3) is 1.00. The van der Waals surface area contributed by atoms with Crippen LogP contribution in [0.5, 0.6) is 0 Å². The Morgan fingerprint density at radius 1 is 0.938 bits per heavy atom. The van der Waals surface area contributed by atoms with Crippen molar-refractivity contribution in [2.75, 3.05) is 0 Å². The van der Waals surface area contributed by atoms with Crippen LogP contribution in [-0.2, 0) is 10.1 Å². The predicted octanol–water partition coefficient (Wildman–Crippen LogP) is 2.00. The van der Waals surface area contributed by atoms with E-state index >= 15 is 0 Å². The second kappa shape index (κ2) is 3.68. The molecule has 0 saturated carbocycles. The monoisotopic (exact) mass is 282 g/mol. The Kier molecular flexibility index (Phi) is 3.53. The van der Waals surface area contributed by atoms with Gasteiger partial charge in [0.2, 0.25) is 0 Å². The molecule has 16 heavy (non-hydrogen) atoms. The Morgan fingerprint density at radius 2 is 1.25 bits per heavy atom. The number of halogens is 8. The molecular formula is C4H2F8O3S. The van der Waals surface area contributed by atoms with Crippen molar-refractivity contribution in [2.24, 2.45) is 0 Å². The highest BCUT2D eigenvalue weighted by molar-refractivity contribution is 7.86. The molecular weight excluding hydrogens is 280 g/mol. The largest absolute Gasteiger partial charge is 0.460 e. The molecule has 0 fully saturated rings. The molecule has 1 atom stereocenters. The zero-order valence-corrected chi connectivity index (χ0v) is 7.59. The fourth-order valence-electron chi connectivity index (χ4n) is 0.519. The maximum atomic E-state index is 12.2. The molecule has 0 rings (SSSR count). The SMILES string of the molecule is O=S(=O)(O)C(F)C(F)(F)C(F)(F)C(F)(F)F. The fourth-order valence-corrected chi connectivity index (χ4v) is 1.04. The van der Waals surface area contributed by atoms with E-state index in [1.807, 2.05) is 0 Å². The summed E-state index contributed by atoms with van der Waals surface area (Å²) in [5.74, 6) is -13.6. The second-order valence-electron chi connectivity index (χ2n) is 2.53. The summed E-state index contributed by atoms with van der Waals surface area (Å²) in [6, 6.07) is 0. The summed E-state index contributed by atoms with van der Waals surface area (Å²) in [6.45, 7) is 0. The van der Waals surface area contributed by atoms with E-state index in [1.54, 1.807) is 0 Å². The van der Waals surface area contributed by atoms with Crippen molar-refractivity contribution in [1.29, 1.82) is 0 Å². The van der Waals surface area contributed by atoms with Crippen LogP contribution in [0, 0.1) is 0 Å². The van der Waals surface area contributed by atoms with Gasteiger partial charge in [-0.1, -0.05) is 0 Å². The van der Waals surface area contributed by atoms with Crippen LogP contribution >= 0.6 is 0 Å². The van der Waals surface area contributed by atoms with Gasteiger partial charge < -0.3 is 0 Å². The van der Waals surface area contributed by atoms with Crippen molar-refractivity contribution >= 4 is 10.1 Å². The summed E-state index contributed by atoms with van der Waals surface area (Å²) >= 11 is 0. The lowest BCUT2D eigenvalue weighted by molar-refractivity contribution is -0.360. The minimum atomic E-state index is -6.94. The van der Waals surface area contributed by atoms with Gasteiger partial charge in [0.05, 0.1) is 0 Å². The summed E-state index contributed by atoms with van der Waals surface area (Å²) in [5.41, 5.74) is -5.09. The summed E-state index contributed by atoms with van der Waals surface area (Å²) in [6.07, 6.45) is -6.87. The van der Waals surface area contributed by atoms with Gasteiger partial charge in [-0.2, -0.15) is 39.2 Å². The lowest BCUT2D eigenvalue weighted by Gasteiger charge is -2.28. The van der Waals surface area contributed by atoms with Crippen molar-refractivity contribution in [3.63, 3.8) is 0 Å². The Morgan fingerprint density at radius 3 is 1.44 bits per heavy atom. The maximum absolute atomic E-state index is 12.2. The first-order valence-corrected chi connectivity index (χ1v) is 4.58. The first kappa shape index (κ1) is 15.3. The molecule has 3 nitrogen and oxygen atoms in total. The molecule has 0 bridgehead atoms. The molecule has 0 aliphatic heterocycles. The molecule has 0 saturated heterocycles. The number of rotatable bonds is 3. The molecule has 0 amide bonds. The molecule has 0 heterocycles. The van der Waals surface area contributed by atoms with E-state index in [9.17, 15) is 43.5 Å². The van der Waals surface area contributed by atoms with Crippen LogP contribution in [0.3, 0.4) is 0 Å². The van der Waals surface area contributed by atoms with Gasteiger partial charge in [0.15, 0.2) is 0 Å². The lowest BCUT2D eigenvalue weighted by Crippen LogP contribution is -2.58. The number of hydrogen-bond donors (Lipinski definition) is 1. The molecule has 0 spiro atoms. The normalized spacial score (nSPS) is 17.3. The van der Waals surface area contributed by atoms with Gasteiger partial charge in [-0.05, 0) is 0 Å². The average molecular weight is 282 g/mol. The third-order valence-electron chi connectivity index (χ3n) is 1.32. The average Bonchev–Trinajstić information content (AvgIpc) is 1.98. The molecule has 0 radical (unpaired) electrons. The molecule has 12 heteroatoms. The smallest absolute Gasteiger partial charge is 0.283 e. The maximum Gasteiger partial charge on any atom is 0.460 e. The standard InChI is InChI=1S/C4H2F8O3S/c5-1(16(13,14)15)2(6,7)3(8,9)4(10,11)12/h1H,(H,13,14,15). The van der Waals surface area contributed by atoms with Crippen LogP contribution in [-0.4, -0.2) is 36.5 Å². The third-order valence-corrected chi connectivity index (χ3v) is 2.14. The highest BCUT2D eigenvalue weighted by Crippen LogP contribution is 2.49. The Labute approximate surface area is 82.8 Å². The first-order valence-electron chi connectivity index (χ1n) is 3.08. The number of alkyl halides is 8. The van der Waals surface area contributed by atoms with Crippen LogP contribution < -0.4 is 0 Å². The van der Waals surface area contributed by atoms with E-state index < -0.39 is 33.6 Å². The summed E-state index contributed by atoms with van der Waals surface area (Å²) in [5, 5.41) is 0. The topological polar surface area (TPSA) is 54.4 Å². The van der Waals surface area contributed by atoms with Crippen molar-refractivity contribution in [1.82, 2.24) is 0 Å². The van der Waals surface area contributed by atoms with E-state index in [2.05, 4.69) is 0 Å². The third kappa shape index (κ3) is 2.36. The zero-order chi connectivity index (χ0) is 13.6. The van der Waals surface area contributed by atoms with Gasteiger partial charge in [-0.3, -0.25) is 4.55 Å². The van der Waals surface area contributed by atoms with Crippen molar-refractivity contribution in [3.8, 4) is 0 Å². The molecule has 1 N–H and O–H groups in total. The first-order chi connectivity index (χ1) is 6.65. The van der Waals surface area contributed by atoms with E-state index in [0.29, 0.717) is 0 Å². The van der Waals surface area contributed by atoms with Gasteiger partial charge >= 0.3 is 28.1 Å². The van der Waals surface area contributed by atoms with Gasteiger partial charge in [-0.15, -0.1) is 0 Å². The summed E-state index contributed by atoms with van der Waals surface area (Å²) in [7, 11) is -6.40. The highest BCUT2D eigenvalue weighted by Gasteiger charge is 2.78. The molecule has 98 valence electrons. The van der Waals surface area contributed by atoms with Crippen molar-refractivity contribution < 1.29 is 48.1 Å².